The number of rotatable bonds is 3. The normalized spacial score (nSPS) is 9.33. The Bertz CT molecular complexity index is 967. The van der Waals surface area contributed by atoms with Gasteiger partial charge in [0.1, 0.15) is 0 Å². The highest BCUT2D eigenvalue weighted by atomic mass is 35.5. The van der Waals surface area contributed by atoms with Crippen LogP contribution in [-0.4, -0.2) is 22.7 Å². The van der Waals surface area contributed by atoms with Crippen molar-refractivity contribution in [1.29, 1.82) is 0 Å². The Hall–Kier alpha value is -3.15. The molecule has 0 aliphatic carbocycles. The lowest BCUT2D eigenvalue weighted by Crippen LogP contribution is -1.99. The van der Waals surface area contributed by atoms with Crippen molar-refractivity contribution in [2.45, 2.75) is 13.8 Å². The summed E-state index contributed by atoms with van der Waals surface area (Å²) in [5.74, 6) is 0.646. The molecule has 0 saturated heterocycles. The second-order valence-electron chi connectivity index (χ2n) is 6.32. The fraction of sp³-hybridized carbons (Fsp3) is 0.0833. The number of benzene rings is 2. The molecular formula is C24H23BClN2O2. The minimum Gasteiger partial charge on any atom is -0.537 e. The Morgan fingerprint density at radius 3 is 1.73 bits per heavy atom. The van der Waals surface area contributed by atoms with Crippen molar-refractivity contribution in [2.24, 2.45) is 0 Å². The molecule has 4 rings (SSSR count). The number of halogens is 1. The first-order valence-electron chi connectivity index (χ1n) is 9.30. The number of pyridine rings is 2. The Kier molecular flexibility index (Phi) is 10.1. The van der Waals surface area contributed by atoms with E-state index >= 15 is 0 Å². The van der Waals surface area contributed by atoms with Crippen molar-refractivity contribution >= 4 is 19.3 Å². The highest BCUT2D eigenvalue weighted by Gasteiger charge is 1.94. The molecule has 2 heterocycles. The molecule has 0 atom stereocenters. The maximum Gasteiger partial charge on any atom is 0.569 e. The van der Waals surface area contributed by atoms with Gasteiger partial charge in [0, 0.05) is 24.8 Å². The zero-order valence-corrected chi connectivity index (χ0v) is 17.7. The summed E-state index contributed by atoms with van der Waals surface area (Å²) in [4.78, 5) is 7.84. The molecule has 1 radical (unpaired) electrons. The Labute approximate surface area is 183 Å². The lowest BCUT2D eigenvalue weighted by Gasteiger charge is -2.00. The van der Waals surface area contributed by atoms with Gasteiger partial charge in [-0.3, -0.25) is 9.97 Å². The van der Waals surface area contributed by atoms with Gasteiger partial charge in [-0.2, -0.15) is 0 Å². The highest BCUT2D eigenvalue weighted by molar-refractivity contribution is 6.30. The molecule has 0 aliphatic heterocycles. The largest absolute Gasteiger partial charge is 0.569 e. The Morgan fingerprint density at radius 2 is 1.30 bits per heavy atom. The summed E-state index contributed by atoms with van der Waals surface area (Å²) in [5.41, 5.74) is 4.85. The average Bonchev–Trinajstić information content (AvgIpc) is 2.78. The van der Waals surface area contributed by atoms with E-state index in [1.165, 1.54) is 22.3 Å². The van der Waals surface area contributed by atoms with Crippen LogP contribution in [0, 0.1) is 13.8 Å². The van der Waals surface area contributed by atoms with Crippen LogP contribution >= 0.6 is 11.6 Å². The molecule has 2 aromatic heterocycles. The quantitative estimate of drug-likeness (QED) is 0.435. The summed E-state index contributed by atoms with van der Waals surface area (Å²) < 4.78 is 4.69. The van der Waals surface area contributed by atoms with E-state index in [1.807, 2.05) is 31.3 Å². The lowest BCUT2D eigenvalue weighted by molar-refractivity contribution is 0.454. The summed E-state index contributed by atoms with van der Waals surface area (Å²) in [6.07, 6.45) is 6.95. The van der Waals surface area contributed by atoms with Crippen molar-refractivity contribution in [3.63, 3.8) is 0 Å². The zero-order chi connectivity index (χ0) is 21.6. The van der Waals surface area contributed by atoms with Gasteiger partial charge in [0.05, 0.1) is 10.8 Å². The van der Waals surface area contributed by atoms with E-state index in [4.69, 9.17) is 21.3 Å². The predicted octanol–water partition coefficient (Wildman–Crippen LogP) is 5.69. The van der Waals surface area contributed by atoms with Gasteiger partial charge >= 0.3 is 7.69 Å². The standard InChI is InChI=1S/C12H11N.C7H8BO2.C5H4ClN/c1-10-4-6-11(7-5-10)12-3-2-8-13-9-12;1-6-2-4-7(5-3-6)10-8-9;6-5-2-1-3-7-4-5/h2-9H,1H3;2-5,9H,1H3;1-4H. The van der Waals surface area contributed by atoms with Crippen molar-refractivity contribution in [1.82, 2.24) is 9.97 Å². The van der Waals surface area contributed by atoms with E-state index < -0.39 is 0 Å². The molecule has 0 bridgehead atoms. The summed E-state index contributed by atoms with van der Waals surface area (Å²) in [7, 11) is 0.671. The maximum absolute atomic E-state index is 8.24. The second kappa shape index (κ2) is 13.1. The van der Waals surface area contributed by atoms with E-state index in [0.717, 1.165) is 0 Å². The first-order valence-corrected chi connectivity index (χ1v) is 9.68. The van der Waals surface area contributed by atoms with Gasteiger partial charge in [-0.25, -0.2) is 0 Å². The molecule has 0 spiro atoms. The summed E-state index contributed by atoms with van der Waals surface area (Å²) in [5, 5.41) is 8.92. The molecule has 4 nitrogen and oxygen atoms in total. The molecular weight excluding hydrogens is 395 g/mol. The second-order valence-corrected chi connectivity index (χ2v) is 6.75. The lowest BCUT2D eigenvalue weighted by atomic mass is 10.1. The van der Waals surface area contributed by atoms with Gasteiger partial charge in [0.15, 0.2) is 0 Å². The molecule has 0 fully saturated rings. The van der Waals surface area contributed by atoms with Crippen LogP contribution in [0.1, 0.15) is 11.1 Å². The van der Waals surface area contributed by atoms with E-state index in [-0.39, 0.29) is 0 Å². The molecule has 4 aromatic rings. The third-order valence-electron chi connectivity index (χ3n) is 3.88. The highest BCUT2D eigenvalue weighted by Crippen LogP contribution is 2.17. The van der Waals surface area contributed by atoms with Gasteiger partial charge < -0.3 is 9.68 Å². The molecule has 1 N–H and O–H groups in total. The van der Waals surface area contributed by atoms with Crippen LogP contribution < -0.4 is 4.65 Å². The number of nitrogens with zero attached hydrogens (tertiary/aromatic N) is 2. The van der Waals surface area contributed by atoms with E-state index in [9.17, 15) is 0 Å². The third-order valence-corrected chi connectivity index (χ3v) is 4.11. The maximum atomic E-state index is 8.24. The van der Waals surface area contributed by atoms with E-state index in [1.54, 1.807) is 42.9 Å². The minimum atomic E-state index is 0.646. The summed E-state index contributed by atoms with van der Waals surface area (Å²) in [6.45, 7) is 4.08. The molecule has 0 unspecified atom stereocenters. The van der Waals surface area contributed by atoms with Crippen LogP contribution in [0.3, 0.4) is 0 Å². The first kappa shape index (κ1) is 23.1. The third kappa shape index (κ3) is 8.90. The van der Waals surface area contributed by atoms with Crippen LogP contribution in [-0.2, 0) is 0 Å². The van der Waals surface area contributed by atoms with Gasteiger partial charge in [-0.05, 0) is 55.3 Å². The van der Waals surface area contributed by atoms with Crippen LogP contribution in [0.2, 0.25) is 5.02 Å². The van der Waals surface area contributed by atoms with E-state index in [0.29, 0.717) is 18.5 Å². The number of aryl methyl sites for hydroxylation is 2. The molecule has 0 amide bonds. The fourth-order valence-electron chi connectivity index (χ4n) is 2.30. The predicted molar refractivity (Wildman–Crippen MR) is 123 cm³/mol. The summed E-state index contributed by atoms with van der Waals surface area (Å²) in [6, 6.07) is 23.5. The summed E-state index contributed by atoms with van der Waals surface area (Å²) >= 11 is 5.48. The Morgan fingerprint density at radius 1 is 0.733 bits per heavy atom. The molecule has 6 heteroatoms. The number of hydrogen-bond acceptors (Lipinski definition) is 4. The van der Waals surface area contributed by atoms with Crippen molar-refractivity contribution < 1.29 is 9.68 Å². The first-order chi connectivity index (χ1) is 14.6. The average molecular weight is 418 g/mol. The minimum absolute atomic E-state index is 0.646. The van der Waals surface area contributed by atoms with Crippen molar-refractivity contribution in [2.75, 3.05) is 0 Å². The SMILES string of the molecule is Cc1ccc(-c2cccnc2)cc1.Cc1ccc(O[B]O)cc1.Clc1cccnc1. The van der Waals surface area contributed by atoms with Crippen molar-refractivity contribution in [3.05, 3.63) is 114 Å². The Balaban J connectivity index is 0.000000168. The topological polar surface area (TPSA) is 55.2 Å². The van der Waals surface area contributed by atoms with Crippen LogP contribution in [0.4, 0.5) is 0 Å². The molecule has 30 heavy (non-hydrogen) atoms. The molecule has 151 valence electrons. The number of hydrogen-bond donors (Lipinski definition) is 1. The van der Waals surface area contributed by atoms with Gasteiger partial charge in [-0.1, -0.05) is 65.2 Å². The van der Waals surface area contributed by atoms with Crippen LogP contribution in [0.5, 0.6) is 5.75 Å². The zero-order valence-electron chi connectivity index (χ0n) is 16.9. The van der Waals surface area contributed by atoms with Gasteiger partial charge in [0.2, 0.25) is 0 Å². The monoisotopic (exact) mass is 417 g/mol. The van der Waals surface area contributed by atoms with Gasteiger partial charge in [-0.15, -0.1) is 0 Å². The fourth-order valence-corrected chi connectivity index (χ4v) is 2.43. The van der Waals surface area contributed by atoms with E-state index in [2.05, 4.69) is 47.2 Å². The van der Waals surface area contributed by atoms with Crippen molar-refractivity contribution in [3.8, 4) is 16.9 Å². The van der Waals surface area contributed by atoms with Crippen LogP contribution in [0.15, 0.2) is 97.6 Å². The van der Waals surface area contributed by atoms with Crippen LogP contribution in [0.25, 0.3) is 11.1 Å². The molecule has 2 aromatic carbocycles. The molecule has 0 aliphatic rings. The smallest absolute Gasteiger partial charge is 0.537 e. The number of aromatic nitrogens is 2. The van der Waals surface area contributed by atoms with Gasteiger partial charge in [0.25, 0.3) is 0 Å². The molecule has 0 saturated carbocycles.